The number of anilines is 1. The minimum absolute atomic E-state index is 0.0558. The number of rotatable bonds is 7. The summed E-state index contributed by atoms with van der Waals surface area (Å²) >= 11 is 1.67. The van der Waals surface area contributed by atoms with Crippen molar-refractivity contribution >= 4 is 23.5 Å². The van der Waals surface area contributed by atoms with Crippen LogP contribution in [0.3, 0.4) is 0 Å². The zero-order chi connectivity index (χ0) is 26.5. The molecule has 0 aliphatic carbocycles. The number of benzene rings is 2. The molecule has 38 heavy (non-hydrogen) atoms. The van der Waals surface area contributed by atoms with Crippen molar-refractivity contribution in [2.24, 2.45) is 0 Å². The molecule has 6 nitrogen and oxygen atoms in total. The fourth-order valence-corrected chi connectivity index (χ4v) is 5.80. The first-order chi connectivity index (χ1) is 18.3. The summed E-state index contributed by atoms with van der Waals surface area (Å²) in [6, 6.07) is 20.9. The molecule has 2 aliphatic rings. The zero-order valence-corrected chi connectivity index (χ0v) is 23.7. The maximum absolute atomic E-state index is 12.7. The first kappa shape index (κ1) is 26.7. The highest BCUT2D eigenvalue weighted by atomic mass is 32.2. The van der Waals surface area contributed by atoms with E-state index in [2.05, 4.69) is 79.1 Å². The van der Waals surface area contributed by atoms with Gasteiger partial charge in [-0.25, -0.2) is 9.97 Å². The summed E-state index contributed by atoms with van der Waals surface area (Å²) in [4.78, 5) is 29.5. The SMILES string of the molecule is CC(C)(C)c1cc(N2CCN(Cc3ccccc3)CC2)nc(SCc2ccc(C(=O)N3CCCC3)cc2)n1. The normalized spacial score (nSPS) is 16.7. The van der Waals surface area contributed by atoms with Gasteiger partial charge in [0.25, 0.3) is 5.91 Å². The molecular formula is C31H39N5OS. The van der Waals surface area contributed by atoms with Gasteiger partial charge in [0.15, 0.2) is 5.16 Å². The van der Waals surface area contributed by atoms with Gasteiger partial charge in [0.05, 0.1) is 5.69 Å². The molecule has 0 radical (unpaired) electrons. The van der Waals surface area contributed by atoms with Crippen LogP contribution < -0.4 is 4.90 Å². The van der Waals surface area contributed by atoms with E-state index in [4.69, 9.17) is 9.97 Å². The molecule has 2 aromatic carbocycles. The monoisotopic (exact) mass is 529 g/mol. The zero-order valence-electron chi connectivity index (χ0n) is 22.9. The highest BCUT2D eigenvalue weighted by Gasteiger charge is 2.23. The summed E-state index contributed by atoms with van der Waals surface area (Å²) in [6.45, 7) is 13.3. The number of nitrogens with zero attached hydrogens (tertiary/aromatic N) is 5. The molecule has 1 aromatic heterocycles. The van der Waals surface area contributed by atoms with E-state index in [1.165, 1.54) is 11.1 Å². The van der Waals surface area contributed by atoms with Crippen molar-refractivity contribution in [1.29, 1.82) is 0 Å². The Bertz CT molecular complexity index is 1210. The van der Waals surface area contributed by atoms with Crippen molar-refractivity contribution in [3.63, 3.8) is 0 Å². The Balaban J connectivity index is 1.23. The Morgan fingerprint density at radius 2 is 1.53 bits per heavy atom. The summed E-state index contributed by atoms with van der Waals surface area (Å²) in [5.41, 5.74) is 4.34. The summed E-state index contributed by atoms with van der Waals surface area (Å²) in [7, 11) is 0. The van der Waals surface area contributed by atoms with E-state index in [1.807, 2.05) is 17.0 Å². The summed E-state index contributed by atoms with van der Waals surface area (Å²) < 4.78 is 0. The topological polar surface area (TPSA) is 52.6 Å². The lowest BCUT2D eigenvalue weighted by atomic mass is 9.92. The van der Waals surface area contributed by atoms with Gasteiger partial charge >= 0.3 is 0 Å². The van der Waals surface area contributed by atoms with Gasteiger partial charge in [-0.1, -0.05) is 75.0 Å². The molecule has 0 bridgehead atoms. The number of hydrogen-bond acceptors (Lipinski definition) is 6. The molecule has 0 spiro atoms. The van der Waals surface area contributed by atoms with Gasteiger partial charge in [-0.2, -0.15) is 0 Å². The van der Waals surface area contributed by atoms with Crippen LogP contribution in [0.25, 0.3) is 0 Å². The second-order valence-electron chi connectivity index (χ2n) is 11.4. The predicted molar refractivity (Wildman–Crippen MR) is 156 cm³/mol. The molecular weight excluding hydrogens is 490 g/mol. The van der Waals surface area contributed by atoms with Gasteiger partial charge in [0, 0.05) is 68.6 Å². The summed E-state index contributed by atoms with van der Waals surface area (Å²) in [6.07, 6.45) is 2.22. The minimum atomic E-state index is -0.0558. The number of carbonyl (C=O) groups is 1. The third-order valence-corrected chi connectivity index (χ3v) is 8.29. The average Bonchev–Trinajstić information content (AvgIpc) is 3.47. The van der Waals surface area contributed by atoms with E-state index in [1.54, 1.807) is 11.8 Å². The number of likely N-dealkylation sites (tertiary alicyclic amines) is 1. The number of amides is 1. The first-order valence-electron chi connectivity index (χ1n) is 13.8. The molecule has 2 aliphatic heterocycles. The molecule has 5 rings (SSSR count). The standard InChI is InChI=1S/C31H39N5OS/c1-31(2,3)27-21-28(35-19-17-34(18-20-35)22-24-9-5-4-6-10-24)33-30(32-27)38-23-25-11-13-26(14-12-25)29(37)36-15-7-8-16-36/h4-6,9-14,21H,7-8,15-20,22-23H2,1-3H3. The number of carbonyl (C=O) groups excluding carboxylic acids is 1. The van der Waals surface area contributed by atoms with E-state index in [9.17, 15) is 4.79 Å². The molecule has 200 valence electrons. The van der Waals surface area contributed by atoms with Crippen LogP contribution in [0, 0.1) is 0 Å². The van der Waals surface area contributed by atoms with Crippen molar-refractivity contribution in [2.45, 2.75) is 56.5 Å². The fraction of sp³-hybridized carbons (Fsp3) is 0.452. The Kier molecular flexibility index (Phi) is 8.34. The van der Waals surface area contributed by atoms with Crippen molar-refractivity contribution in [3.8, 4) is 0 Å². The molecule has 0 N–H and O–H groups in total. The minimum Gasteiger partial charge on any atom is -0.354 e. The van der Waals surface area contributed by atoms with Crippen LogP contribution in [0.4, 0.5) is 5.82 Å². The maximum Gasteiger partial charge on any atom is 0.253 e. The van der Waals surface area contributed by atoms with Crippen molar-refractivity contribution < 1.29 is 4.79 Å². The smallest absolute Gasteiger partial charge is 0.253 e. The van der Waals surface area contributed by atoms with Crippen LogP contribution in [0.15, 0.2) is 65.8 Å². The molecule has 0 unspecified atom stereocenters. The van der Waals surface area contributed by atoms with Gasteiger partial charge in [0.1, 0.15) is 5.82 Å². The van der Waals surface area contributed by atoms with E-state index in [0.29, 0.717) is 0 Å². The molecule has 3 heterocycles. The number of piperazine rings is 1. The lowest BCUT2D eigenvalue weighted by Gasteiger charge is -2.36. The molecule has 0 atom stereocenters. The van der Waals surface area contributed by atoms with E-state index in [-0.39, 0.29) is 11.3 Å². The van der Waals surface area contributed by atoms with Gasteiger partial charge in [0.2, 0.25) is 0 Å². The second-order valence-corrected chi connectivity index (χ2v) is 12.3. The third-order valence-electron chi connectivity index (χ3n) is 7.37. The maximum atomic E-state index is 12.7. The van der Waals surface area contributed by atoms with Crippen LogP contribution in [0.2, 0.25) is 0 Å². The predicted octanol–water partition coefficient (Wildman–Crippen LogP) is 5.62. The van der Waals surface area contributed by atoms with Crippen LogP contribution in [-0.4, -0.2) is 64.9 Å². The van der Waals surface area contributed by atoms with Crippen LogP contribution in [0.1, 0.15) is 60.8 Å². The molecule has 0 saturated carbocycles. The number of hydrogen-bond donors (Lipinski definition) is 0. The van der Waals surface area contributed by atoms with Crippen molar-refractivity contribution in [3.05, 3.63) is 83.0 Å². The van der Waals surface area contributed by atoms with Crippen molar-refractivity contribution in [2.75, 3.05) is 44.2 Å². The molecule has 3 aromatic rings. The van der Waals surface area contributed by atoms with Gasteiger partial charge in [-0.15, -0.1) is 0 Å². The Hall–Kier alpha value is -2.90. The van der Waals surface area contributed by atoms with Crippen LogP contribution >= 0.6 is 11.8 Å². The fourth-order valence-electron chi connectivity index (χ4n) is 4.99. The summed E-state index contributed by atoms with van der Waals surface area (Å²) in [5.74, 6) is 1.95. The lowest BCUT2D eigenvalue weighted by molar-refractivity contribution is 0.0793. The summed E-state index contributed by atoms with van der Waals surface area (Å²) in [5, 5.41) is 0.816. The van der Waals surface area contributed by atoms with Crippen LogP contribution in [0.5, 0.6) is 0 Å². The van der Waals surface area contributed by atoms with E-state index < -0.39 is 0 Å². The largest absolute Gasteiger partial charge is 0.354 e. The molecule has 1 amide bonds. The third kappa shape index (κ3) is 6.75. The Labute approximate surface area is 231 Å². The van der Waals surface area contributed by atoms with E-state index >= 15 is 0 Å². The van der Waals surface area contributed by atoms with Gasteiger partial charge in [-0.3, -0.25) is 9.69 Å². The second kappa shape index (κ2) is 11.9. The number of aromatic nitrogens is 2. The quantitative estimate of drug-likeness (QED) is 0.292. The number of thioether (sulfide) groups is 1. The first-order valence-corrected chi connectivity index (χ1v) is 14.8. The Morgan fingerprint density at radius 3 is 2.18 bits per heavy atom. The molecule has 2 saturated heterocycles. The van der Waals surface area contributed by atoms with Gasteiger partial charge < -0.3 is 9.80 Å². The highest BCUT2D eigenvalue weighted by Crippen LogP contribution is 2.29. The van der Waals surface area contributed by atoms with E-state index in [0.717, 1.165) is 86.6 Å². The Morgan fingerprint density at radius 1 is 0.842 bits per heavy atom. The average molecular weight is 530 g/mol. The highest BCUT2D eigenvalue weighted by molar-refractivity contribution is 7.98. The molecule has 7 heteroatoms. The van der Waals surface area contributed by atoms with Crippen molar-refractivity contribution in [1.82, 2.24) is 19.8 Å². The molecule has 2 fully saturated rings. The van der Waals surface area contributed by atoms with Gasteiger partial charge in [-0.05, 0) is 36.1 Å². The lowest BCUT2D eigenvalue weighted by Crippen LogP contribution is -2.46. The van der Waals surface area contributed by atoms with Crippen LogP contribution in [-0.2, 0) is 17.7 Å².